The maximum absolute atomic E-state index is 12.4. The number of rotatable bonds is 9. The Kier molecular flexibility index (Phi) is 8.60. The van der Waals surface area contributed by atoms with E-state index >= 15 is 0 Å². The van der Waals surface area contributed by atoms with Gasteiger partial charge in [-0.15, -0.1) is 0 Å². The number of methoxy groups -OCH3 is 1. The maximum atomic E-state index is 12.4. The number of amides is 2. The molecule has 4 heterocycles. The molecule has 14 heteroatoms. The molecule has 0 bridgehead atoms. The van der Waals surface area contributed by atoms with E-state index in [9.17, 15) is 9.59 Å². The molecule has 0 aromatic heterocycles. The van der Waals surface area contributed by atoms with Gasteiger partial charge in [0, 0.05) is 42.0 Å². The van der Waals surface area contributed by atoms with Crippen molar-refractivity contribution < 1.29 is 23.8 Å². The van der Waals surface area contributed by atoms with Gasteiger partial charge >= 0.3 is 12.0 Å². The van der Waals surface area contributed by atoms with Crippen LogP contribution >= 0.6 is 27.7 Å². The van der Waals surface area contributed by atoms with Crippen LogP contribution in [0, 0.1) is 5.92 Å². The first-order valence-corrected chi connectivity index (χ1v) is 14.4. The van der Waals surface area contributed by atoms with Gasteiger partial charge in [-0.3, -0.25) is 4.79 Å². The summed E-state index contributed by atoms with van der Waals surface area (Å²) in [7, 11) is 1.36. The molecule has 0 unspecified atom stereocenters. The van der Waals surface area contributed by atoms with Crippen LogP contribution in [-0.2, 0) is 16.1 Å². The number of halogens is 1. The lowest BCUT2D eigenvalue weighted by Crippen LogP contribution is -2.44. The SMILES string of the molecule is COC(=O)CCCNC(=O)N1CCC(CCn2cnc(N)c3nc(Sc4cc5c(cc4Br)OCO5)nc2-3)CC1. The molecule has 0 spiro atoms. The van der Waals surface area contributed by atoms with Crippen LogP contribution in [-0.4, -0.2) is 70.0 Å². The van der Waals surface area contributed by atoms with E-state index in [0.29, 0.717) is 72.4 Å². The Balaban J connectivity index is 1.15. The number of nitrogen functional groups attached to an aromatic ring is 1. The standard InChI is InChI=1S/C25H30BrN7O5S/c1-36-20(34)3-2-7-28-25(35)32-8-4-15(5-9-32)6-10-33-13-29-22(27)21-23(33)31-24(30-21)39-19-12-18-17(11-16(19)26)37-14-38-18/h11-13,15H,2-10,14,27H2,1H3,(H,28,35). The highest BCUT2D eigenvalue weighted by atomic mass is 79.9. The van der Waals surface area contributed by atoms with Crippen LogP contribution in [0.15, 0.2) is 33.0 Å². The van der Waals surface area contributed by atoms with Crippen LogP contribution in [0.25, 0.3) is 11.5 Å². The number of anilines is 1. The number of nitrogens with zero attached hydrogens (tertiary/aromatic N) is 5. The molecule has 12 nitrogen and oxygen atoms in total. The van der Waals surface area contributed by atoms with Crippen molar-refractivity contribution >= 4 is 45.5 Å². The summed E-state index contributed by atoms with van der Waals surface area (Å²) in [5.41, 5.74) is 6.71. The zero-order chi connectivity index (χ0) is 27.4. The van der Waals surface area contributed by atoms with Crippen LogP contribution in [0.5, 0.6) is 11.5 Å². The number of benzene rings is 1. The maximum Gasteiger partial charge on any atom is 0.317 e. The average Bonchev–Trinajstić information content (AvgIpc) is 3.58. The number of hydrogen-bond acceptors (Lipinski definition) is 10. The molecule has 0 aliphatic carbocycles. The van der Waals surface area contributed by atoms with E-state index < -0.39 is 0 Å². The number of fused-ring (bicyclic) bond motifs is 2. The molecule has 1 saturated heterocycles. The zero-order valence-electron chi connectivity index (χ0n) is 21.5. The highest BCUT2D eigenvalue weighted by Crippen LogP contribution is 2.43. The minimum atomic E-state index is -0.267. The van der Waals surface area contributed by atoms with Gasteiger partial charge in [0.1, 0.15) is 0 Å². The third-order valence-corrected chi connectivity index (χ3v) is 8.68. The Hall–Kier alpha value is -3.26. The lowest BCUT2D eigenvalue weighted by molar-refractivity contribution is -0.140. The summed E-state index contributed by atoms with van der Waals surface area (Å²) in [5.74, 6) is 2.65. The van der Waals surface area contributed by atoms with E-state index in [0.717, 1.165) is 35.2 Å². The van der Waals surface area contributed by atoms with Crippen molar-refractivity contribution in [3.8, 4) is 23.0 Å². The summed E-state index contributed by atoms with van der Waals surface area (Å²) in [6.45, 7) is 2.80. The summed E-state index contributed by atoms with van der Waals surface area (Å²) in [4.78, 5) is 40.1. The first-order valence-electron chi connectivity index (χ1n) is 12.8. The Morgan fingerprint density at radius 2 is 2.00 bits per heavy atom. The number of hydrogen-bond donors (Lipinski definition) is 2. The molecule has 1 aromatic rings. The molecule has 1 fully saturated rings. The fourth-order valence-corrected chi connectivity index (χ4v) is 5.96. The van der Waals surface area contributed by atoms with Gasteiger partial charge in [0.05, 0.1) is 13.4 Å². The largest absolute Gasteiger partial charge is 0.469 e. The molecule has 0 radical (unpaired) electrons. The van der Waals surface area contributed by atoms with E-state index in [4.69, 9.17) is 20.2 Å². The molecule has 2 amide bonds. The topological polar surface area (TPSA) is 147 Å². The Bertz CT molecular complexity index is 1310. The number of aromatic nitrogens is 4. The van der Waals surface area contributed by atoms with Crippen LogP contribution in [0.4, 0.5) is 10.6 Å². The molecule has 1 aromatic carbocycles. The van der Waals surface area contributed by atoms with Gasteiger partial charge in [-0.25, -0.2) is 19.7 Å². The van der Waals surface area contributed by atoms with Gasteiger partial charge in [-0.1, -0.05) is 0 Å². The van der Waals surface area contributed by atoms with Crippen molar-refractivity contribution in [1.29, 1.82) is 0 Å². The van der Waals surface area contributed by atoms with Gasteiger partial charge < -0.3 is 34.7 Å². The quantitative estimate of drug-likeness (QED) is 0.268. The number of carbonyl (C=O) groups excluding carboxylic acids is 2. The predicted molar refractivity (Wildman–Crippen MR) is 147 cm³/mol. The Morgan fingerprint density at radius 1 is 1.23 bits per heavy atom. The van der Waals surface area contributed by atoms with Crippen molar-refractivity contribution in [3.05, 3.63) is 22.9 Å². The summed E-state index contributed by atoms with van der Waals surface area (Å²) in [6.07, 6.45) is 5.36. The summed E-state index contributed by atoms with van der Waals surface area (Å²) < 4.78 is 18.4. The van der Waals surface area contributed by atoms with Crippen LogP contribution in [0.2, 0.25) is 0 Å². The number of carbonyl (C=O) groups is 2. The molecule has 4 aliphatic rings. The molecular weight excluding hydrogens is 590 g/mol. The van der Waals surface area contributed by atoms with Gasteiger partial charge in [0.25, 0.3) is 0 Å². The minimum Gasteiger partial charge on any atom is -0.469 e. The molecule has 0 saturated carbocycles. The van der Waals surface area contributed by atoms with Crippen molar-refractivity contribution in [1.82, 2.24) is 29.7 Å². The van der Waals surface area contributed by atoms with Crippen molar-refractivity contribution in [2.75, 3.05) is 39.3 Å². The average molecular weight is 621 g/mol. The first kappa shape index (κ1) is 27.3. The Labute approximate surface area is 238 Å². The fourth-order valence-electron chi connectivity index (χ4n) is 4.61. The van der Waals surface area contributed by atoms with Crippen LogP contribution in [0.3, 0.4) is 0 Å². The zero-order valence-corrected chi connectivity index (χ0v) is 23.9. The van der Waals surface area contributed by atoms with E-state index in [-0.39, 0.29) is 18.8 Å². The third kappa shape index (κ3) is 6.49. The number of imidazole rings is 1. The minimum absolute atomic E-state index is 0.0803. The van der Waals surface area contributed by atoms with Crippen LogP contribution < -0.4 is 20.5 Å². The normalized spacial score (nSPS) is 15.1. The lowest BCUT2D eigenvalue weighted by atomic mass is 9.93. The predicted octanol–water partition coefficient (Wildman–Crippen LogP) is 3.77. The lowest BCUT2D eigenvalue weighted by Gasteiger charge is -2.32. The van der Waals surface area contributed by atoms with E-state index in [1.54, 1.807) is 6.33 Å². The number of urea groups is 1. The van der Waals surface area contributed by atoms with Crippen LogP contribution in [0.1, 0.15) is 32.1 Å². The monoisotopic (exact) mass is 619 g/mol. The number of esters is 1. The number of ether oxygens (including phenoxy) is 3. The smallest absolute Gasteiger partial charge is 0.317 e. The van der Waals surface area contributed by atoms with Crippen molar-refractivity contribution in [2.24, 2.45) is 5.92 Å². The fraction of sp³-hybridized carbons (Fsp3) is 0.480. The second-order valence-corrected chi connectivity index (χ2v) is 11.2. The molecule has 4 aliphatic heterocycles. The molecule has 0 atom stereocenters. The van der Waals surface area contributed by atoms with Crippen molar-refractivity contribution in [2.45, 2.75) is 48.7 Å². The molecule has 39 heavy (non-hydrogen) atoms. The van der Waals surface area contributed by atoms with Crippen molar-refractivity contribution in [3.63, 3.8) is 0 Å². The van der Waals surface area contributed by atoms with E-state index in [1.165, 1.54) is 18.9 Å². The first-order chi connectivity index (χ1) is 18.9. The van der Waals surface area contributed by atoms with E-state index in [2.05, 4.69) is 36.0 Å². The summed E-state index contributed by atoms with van der Waals surface area (Å²) >= 11 is 5.00. The number of piperidine rings is 1. The summed E-state index contributed by atoms with van der Waals surface area (Å²) in [6, 6.07) is 3.70. The number of nitrogens with one attached hydrogen (secondary N) is 1. The highest BCUT2D eigenvalue weighted by Gasteiger charge is 2.25. The highest BCUT2D eigenvalue weighted by molar-refractivity contribution is 9.10. The number of aryl methyl sites for hydroxylation is 1. The third-order valence-electron chi connectivity index (χ3n) is 6.84. The van der Waals surface area contributed by atoms with Gasteiger partial charge in [-0.05, 0) is 71.4 Å². The molecular formula is C25H30BrN7O5S. The summed E-state index contributed by atoms with van der Waals surface area (Å²) in [5, 5.41) is 3.46. The molecule has 5 rings (SSSR count). The number of likely N-dealkylation sites (tertiary alicyclic amines) is 1. The second kappa shape index (κ2) is 12.3. The van der Waals surface area contributed by atoms with Gasteiger partial charge in [-0.2, -0.15) is 0 Å². The Morgan fingerprint density at radius 3 is 2.77 bits per heavy atom. The molecule has 208 valence electrons. The van der Waals surface area contributed by atoms with Gasteiger partial charge in [0.15, 0.2) is 34.0 Å². The second-order valence-electron chi connectivity index (χ2n) is 9.37. The molecule has 3 N–H and O–H groups in total. The van der Waals surface area contributed by atoms with E-state index in [1.807, 2.05) is 21.6 Å². The van der Waals surface area contributed by atoms with Gasteiger partial charge in [0.2, 0.25) is 6.79 Å². The number of nitrogens with two attached hydrogens (primary N) is 1.